The number of alkyl carbamates (subject to hydrolysis) is 2. The van der Waals surface area contributed by atoms with Gasteiger partial charge in [-0.1, -0.05) is 159 Å². The molecule has 0 bridgehead atoms. The number of nitrogens with one attached hydrogen (secondary N) is 2. The van der Waals surface area contributed by atoms with Gasteiger partial charge in [-0.25, -0.2) is 24.2 Å². The zero-order chi connectivity index (χ0) is 55.2. The summed E-state index contributed by atoms with van der Waals surface area (Å²) in [5.74, 6) is -0.891. The molecule has 1 aliphatic carbocycles. The molecule has 8 rings (SSSR count). The number of ketones is 1. The molecule has 0 saturated heterocycles. The van der Waals surface area contributed by atoms with Gasteiger partial charge in [-0.15, -0.1) is 34.9 Å². The van der Waals surface area contributed by atoms with E-state index in [1.54, 1.807) is 33.8 Å². The van der Waals surface area contributed by atoms with E-state index in [2.05, 4.69) is 118 Å². The number of aromatic nitrogens is 1. The van der Waals surface area contributed by atoms with Crippen LogP contribution < -0.4 is 10.6 Å². The average Bonchev–Trinajstić information content (AvgIpc) is 4.14. The molecule has 5 aromatic carbocycles. The van der Waals surface area contributed by atoms with Crippen LogP contribution in [0.3, 0.4) is 0 Å². The van der Waals surface area contributed by atoms with Crippen molar-refractivity contribution < 1.29 is 43.3 Å². The number of carboxylic acids is 1. The molecule has 0 radical (unpaired) electrons. The Kier molecular flexibility index (Phi) is 19.8. The van der Waals surface area contributed by atoms with Gasteiger partial charge in [0.25, 0.3) is 0 Å². The first-order chi connectivity index (χ1) is 36.9. The van der Waals surface area contributed by atoms with E-state index in [1.807, 2.05) is 79.5 Å². The predicted molar refractivity (Wildman–Crippen MR) is 308 cm³/mol. The average molecular weight is 1100 g/mol. The van der Waals surface area contributed by atoms with Crippen LogP contribution in [0.4, 0.5) is 9.59 Å². The highest BCUT2D eigenvalue weighted by Crippen LogP contribution is 2.49. The summed E-state index contributed by atoms with van der Waals surface area (Å²) in [6, 6.07) is 46.9. The molecular formula is C61H66N4O9S3. The number of aliphatic imine (C=N–C) groups is 1. The van der Waals surface area contributed by atoms with Crippen molar-refractivity contribution in [3.05, 3.63) is 196 Å². The second kappa shape index (κ2) is 26.4. The molecule has 3 N–H and O–H groups in total. The smallest absolute Gasteiger partial charge is 0.408 e. The standard InChI is InChI=1S/C47H47NO5S.C14H19N3O4S2/c1-33(2)44(48-46(51)52-32-43-41-28-15-13-26-39(41)40-27-14-16-29-42(40)43)45(50)53-38(31-34(3)49)25-17-18-30-54-47(35-19-7-4-8-20-35,36-21-9-5-10-22-36)37-23-11-6-12-24-37;1-13(2,3)21-12(20)15-5-9-16-8(6-22-9)10-17-14(4,7-23-10)11(18)19/h4-17,19-29,33,38,43-44H,18,30-32H2,1-3H3,(H,48,51);6H,5,7H2,1-4H3,(H,15,20)(H,18,19)/b25-17+;/t38-,44+;14-/m01/s1. The lowest BCUT2D eigenvalue weighted by Crippen LogP contribution is -2.46. The van der Waals surface area contributed by atoms with Crippen LogP contribution in [0.25, 0.3) is 11.1 Å². The molecule has 2 amide bonds. The largest absolute Gasteiger partial charge is 0.479 e. The number of amides is 2. The Morgan fingerprint density at radius 1 is 0.805 bits per heavy atom. The van der Waals surface area contributed by atoms with E-state index in [9.17, 15) is 29.1 Å². The number of allylic oxidation sites excluding steroid dienone is 1. The summed E-state index contributed by atoms with van der Waals surface area (Å²) < 4.78 is 16.3. The molecule has 16 heteroatoms. The van der Waals surface area contributed by atoms with Gasteiger partial charge in [0.1, 0.15) is 45.9 Å². The first kappa shape index (κ1) is 57.7. The Balaban J connectivity index is 0.000000312. The van der Waals surface area contributed by atoms with Gasteiger partial charge in [-0.05, 0) is 97.7 Å². The summed E-state index contributed by atoms with van der Waals surface area (Å²) in [7, 11) is 0. The van der Waals surface area contributed by atoms with Crippen molar-refractivity contribution in [2.24, 2.45) is 10.9 Å². The number of carboxylic acid groups (broad SMARTS) is 1. The number of thiazole rings is 1. The van der Waals surface area contributed by atoms with Crippen LogP contribution in [0.5, 0.6) is 0 Å². The van der Waals surface area contributed by atoms with E-state index < -0.39 is 52.2 Å². The Morgan fingerprint density at radius 3 is 1.86 bits per heavy atom. The Bertz CT molecular complexity index is 2910. The molecule has 0 spiro atoms. The molecular weight excluding hydrogens is 1030 g/mol. The number of esters is 1. The zero-order valence-corrected chi connectivity index (χ0v) is 46.8. The third kappa shape index (κ3) is 15.1. The SMILES string of the molecule is CC(=O)C[C@H](/C=C/CCSC(c1ccccc1)(c1ccccc1)c1ccccc1)OC(=O)[C@H](NC(=O)OCC1c2ccccc2-c2ccccc21)C(C)C.CC(C)(C)OC(=O)NCc1nc(C2=N[C@@](C)(C(=O)O)CS2)cs1. The summed E-state index contributed by atoms with van der Waals surface area (Å²) in [5, 5.41) is 17.7. The van der Waals surface area contributed by atoms with Crippen LogP contribution in [0.15, 0.2) is 162 Å². The van der Waals surface area contributed by atoms with Crippen molar-refractivity contribution in [2.75, 3.05) is 18.1 Å². The van der Waals surface area contributed by atoms with E-state index in [4.69, 9.17) is 14.2 Å². The van der Waals surface area contributed by atoms with Gasteiger partial charge in [0.2, 0.25) is 0 Å². The molecule has 3 atom stereocenters. The number of rotatable bonds is 20. The number of benzene rings is 5. The van der Waals surface area contributed by atoms with Crippen molar-refractivity contribution in [1.82, 2.24) is 15.6 Å². The number of hydrogen-bond donors (Lipinski definition) is 3. The molecule has 1 aliphatic heterocycles. The van der Waals surface area contributed by atoms with Crippen LogP contribution in [0.1, 0.15) is 106 Å². The predicted octanol–water partition coefficient (Wildman–Crippen LogP) is 12.6. The van der Waals surface area contributed by atoms with Crippen molar-refractivity contribution in [2.45, 2.75) is 102 Å². The Labute approximate surface area is 463 Å². The number of fused-ring (bicyclic) bond motifs is 3. The number of ether oxygens (including phenoxy) is 3. The fourth-order valence-corrected chi connectivity index (χ4v) is 12.3. The lowest BCUT2D eigenvalue weighted by atomic mass is 9.84. The van der Waals surface area contributed by atoms with E-state index >= 15 is 0 Å². The van der Waals surface area contributed by atoms with Crippen molar-refractivity contribution >= 4 is 69.8 Å². The van der Waals surface area contributed by atoms with Crippen LogP contribution in [0, 0.1) is 5.92 Å². The number of aliphatic carboxylic acids is 1. The van der Waals surface area contributed by atoms with E-state index in [-0.39, 0.29) is 37.2 Å². The number of carbonyl (C=O) groups excluding carboxylic acids is 4. The molecule has 0 unspecified atom stereocenters. The first-order valence-electron chi connectivity index (χ1n) is 25.5. The molecule has 2 aliphatic rings. The number of hydrogen-bond acceptors (Lipinski definition) is 13. The van der Waals surface area contributed by atoms with Crippen molar-refractivity contribution in [3.63, 3.8) is 0 Å². The minimum Gasteiger partial charge on any atom is -0.479 e. The molecule has 13 nitrogen and oxygen atoms in total. The zero-order valence-electron chi connectivity index (χ0n) is 44.4. The minimum absolute atomic E-state index is 0.0348. The summed E-state index contributed by atoms with van der Waals surface area (Å²) in [6.07, 6.45) is 2.52. The number of carbonyl (C=O) groups is 5. The van der Waals surface area contributed by atoms with E-state index in [1.165, 1.54) is 46.7 Å². The number of nitrogens with zero attached hydrogens (tertiary/aromatic N) is 2. The van der Waals surface area contributed by atoms with E-state index in [0.717, 1.165) is 28.0 Å². The maximum absolute atomic E-state index is 13.5. The highest BCUT2D eigenvalue weighted by atomic mass is 32.2. The van der Waals surface area contributed by atoms with Crippen molar-refractivity contribution in [1.29, 1.82) is 0 Å². The highest BCUT2D eigenvalue weighted by Gasteiger charge is 2.40. The normalized spacial score (nSPS) is 15.8. The topological polar surface area (TPSA) is 183 Å². The van der Waals surface area contributed by atoms with Gasteiger partial charge in [0.05, 0.1) is 11.3 Å². The van der Waals surface area contributed by atoms with Crippen LogP contribution in [-0.4, -0.2) is 86.4 Å². The van der Waals surface area contributed by atoms with Crippen LogP contribution in [0.2, 0.25) is 0 Å². The van der Waals surface area contributed by atoms with Gasteiger partial charge in [0, 0.05) is 23.5 Å². The monoisotopic (exact) mass is 1090 g/mol. The lowest BCUT2D eigenvalue weighted by Gasteiger charge is -2.35. The number of thioether (sulfide) groups is 2. The van der Waals surface area contributed by atoms with Gasteiger partial charge < -0.3 is 30.0 Å². The third-order valence-corrected chi connectivity index (χ3v) is 16.4. The summed E-state index contributed by atoms with van der Waals surface area (Å²) in [4.78, 5) is 70.4. The molecule has 2 heterocycles. The fraction of sp³-hybridized carbons (Fsp3) is 0.328. The lowest BCUT2D eigenvalue weighted by molar-refractivity contribution is -0.151. The summed E-state index contributed by atoms with van der Waals surface area (Å²) in [5.41, 5.74) is 7.03. The Morgan fingerprint density at radius 2 is 1.35 bits per heavy atom. The maximum atomic E-state index is 13.5. The molecule has 1 aromatic heterocycles. The number of Topliss-reactive ketones (excluding diaryl/α,β-unsaturated/α-hetero) is 1. The minimum atomic E-state index is -1.10. The molecule has 6 aromatic rings. The van der Waals surface area contributed by atoms with Gasteiger partial charge in [-0.3, -0.25) is 9.79 Å². The fourth-order valence-electron chi connectivity index (χ4n) is 8.91. The van der Waals surface area contributed by atoms with Gasteiger partial charge in [0.15, 0.2) is 5.54 Å². The third-order valence-electron chi connectivity index (χ3n) is 12.6. The van der Waals surface area contributed by atoms with Gasteiger partial charge in [-0.2, -0.15) is 0 Å². The summed E-state index contributed by atoms with van der Waals surface area (Å²) >= 11 is 4.60. The van der Waals surface area contributed by atoms with Crippen LogP contribution in [-0.2, 0) is 39.9 Å². The van der Waals surface area contributed by atoms with Gasteiger partial charge >= 0.3 is 24.1 Å². The van der Waals surface area contributed by atoms with Crippen LogP contribution >= 0.6 is 34.9 Å². The Hall–Kier alpha value is -7.01. The maximum Gasteiger partial charge on any atom is 0.408 e. The molecule has 77 heavy (non-hydrogen) atoms. The van der Waals surface area contributed by atoms with E-state index in [0.29, 0.717) is 27.9 Å². The quantitative estimate of drug-likeness (QED) is 0.0217. The second-order valence-corrected chi connectivity index (χ2v) is 23.4. The highest BCUT2D eigenvalue weighted by molar-refractivity contribution is 8.14. The van der Waals surface area contributed by atoms with Crippen molar-refractivity contribution in [3.8, 4) is 11.1 Å². The molecule has 0 saturated carbocycles. The molecule has 0 fully saturated rings. The second-order valence-electron chi connectivity index (χ2n) is 20.2. The first-order valence-corrected chi connectivity index (χ1v) is 28.4. The summed E-state index contributed by atoms with van der Waals surface area (Å²) in [6.45, 7) is 12.5. The molecule has 402 valence electrons.